The van der Waals surface area contributed by atoms with E-state index in [1.165, 1.54) is 0 Å². The van der Waals surface area contributed by atoms with E-state index in [0.29, 0.717) is 32.6 Å². The molecular formula is C12H22N2O3. The molecule has 0 unspecified atom stereocenters. The molecule has 0 aromatic carbocycles. The Kier molecular flexibility index (Phi) is 3.89. The molecule has 0 bridgehead atoms. The SMILES string of the molecule is CN(CC1(O)CCOCC1)C(=O)N1CCCC1. The van der Waals surface area contributed by atoms with Gasteiger partial charge in [-0.2, -0.15) is 0 Å². The summed E-state index contributed by atoms with van der Waals surface area (Å²) in [5, 5.41) is 10.3. The van der Waals surface area contributed by atoms with Crippen molar-refractivity contribution in [2.45, 2.75) is 31.3 Å². The van der Waals surface area contributed by atoms with Gasteiger partial charge in [0.15, 0.2) is 0 Å². The van der Waals surface area contributed by atoms with Crippen LogP contribution in [-0.4, -0.2) is 66.4 Å². The van der Waals surface area contributed by atoms with Gasteiger partial charge >= 0.3 is 6.03 Å². The van der Waals surface area contributed by atoms with Crippen molar-refractivity contribution in [3.05, 3.63) is 0 Å². The molecule has 0 aromatic rings. The van der Waals surface area contributed by atoms with Crippen molar-refractivity contribution in [3.63, 3.8) is 0 Å². The molecule has 5 nitrogen and oxygen atoms in total. The Morgan fingerprint density at radius 2 is 1.94 bits per heavy atom. The molecule has 2 aliphatic heterocycles. The fourth-order valence-electron chi connectivity index (χ4n) is 2.57. The minimum absolute atomic E-state index is 0.0439. The maximum atomic E-state index is 12.1. The van der Waals surface area contributed by atoms with Crippen LogP contribution in [0.3, 0.4) is 0 Å². The Labute approximate surface area is 102 Å². The molecule has 0 spiro atoms. The molecule has 1 N–H and O–H groups in total. The molecule has 0 atom stereocenters. The van der Waals surface area contributed by atoms with Crippen LogP contribution in [0, 0.1) is 0 Å². The standard InChI is InChI=1S/C12H22N2O3/c1-13(11(15)14-6-2-3-7-14)10-12(16)4-8-17-9-5-12/h16H,2-10H2,1H3. The van der Waals surface area contributed by atoms with E-state index in [2.05, 4.69) is 0 Å². The summed E-state index contributed by atoms with van der Waals surface area (Å²) in [5.74, 6) is 0. The van der Waals surface area contributed by atoms with E-state index in [4.69, 9.17) is 4.74 Å². The van der Waals surface area contributed by atoms with Crippen molar-refractivity contribution in [1.29, 1.82) is 0 Å². The number of hydrogen-bond acceptors (Lipinski definition) is 3. The third kappa shape index (κ3) is 3.10. The first-order valence-corrected chi connectivity index (χ1v) is 6.41. The second-order valence-electron chi connectivity index (χ2n) is 5.17. The average molecular weight is 242 g/mol. The number of likely N-dealkylation sites (tertiary alicyclic amines) is 1. The molecule has 2 rings (SSSR count). The van der Waals surface area contributed by atoms with Gasteiger partial charge in [-0.3, -0.25) is 0 Å². The van der Waals surface area contributed by atoms with E-state index < -0.39 is 5.60 Å². The smallest absolute Gasteiger partial charge is 0.319 e. The number of carbonyl (C=O) groups excluding carboxylic acids is 1. The van der Waals surface area contributed by atoms with Crippen molar-refractivity contribution >= 4 is 6.03 Å². The Morgan fingerprint density at radius 3 is 2.53 bits per heavy atom. The van der Waals surface area contributed by atoms with Gasteiger partial charge in [0, 0.05) is 46.2 Å². The predicted molar refractivity (Wildman–Crippen MR) is 63.8 cm³/mol. The summed E-state index contributed by atoms with van der Waals surface area (Å²) in [6, 6.07) is 0.0439. The Morgan fingerprint density at radius 1 is 1.35 bits per heavy atom. The highest BCUT2D eigenvalue weighted by atomic mass is 16.5. The molecule has 0 radical (unpaired) electrons. The van der Waals surface area contributed by atoms with E-state index in [1.54, 1.807) is 11.9 Å². The predicted octanol–water partition coefficient (Wildman–Crippen LogP) is 0.675. The summed E-state index contributed by atoms with van der Waals surface area (Å²) in [6.07, 6.45) is 3.42. The number of hydrogen-bond donors (Lipinski definition) is 1. The largest absolute Gasteiger partial charge is 0.388 e. The van der Waals surface area contributed by atoms with Crippen LogP contribution in [0.2, 0.25) is 0 Å². The fraction of sp³-hybridized carbons (Fsp3) is 0.917. The lowest BCUT2D eigenvalue weighted by molar-refractivity contribution is -0.0732. The van der Waals surface area contributed by atoms with Crippen molar-refractivity contribution in [3.8, 4) is 0 Å². The lowest BCUT2D eigenvalue weighted by Crippen LogP contribution is -2.50. The van der Waals surface area contributed by atoms with Crippen LogP contribution in [0.5, 0.6) is 0 Å². The maximum Gasteiger partial charge on any atom is 0.319 e. The zero-order valence-electron chi connectivity index (χ0n) is 10.5. The molecule has 2 amide bonds. The number of carbonyl (C=O) groups is 1. The molecule has 0 aliphatic carbocycles. The third-order valence-electron chi connectivity index (χ3n) is 3.66. The van der Waals surface area contributed by atoms with Gasteiger partial charge in [-0.1, -0.05) is 0 Å². The van der Waals surface area contributed by atoms with Crippen LogP contribution in [-0.2, 0) is 4.74 Å². The van der Waals surface area contributed by atoms with Gasteiger partial charge in [-0.25, -0.2) is 4.79 Å². The minimum atomic E-state index is -0.762. The second-order valence-corrected chi connectivity index (χ2v) is 5.17. The molecule has 2 fully saturated rings. The number of nitrogens with zero attached hydrogens (tertiary/aromatic N) is 2. The van der Waals surface area contributed by atoms with Gasteiger partial charge in [0.2, 0.25) is 0 Å². The van der Waals surface area contributed by atoms with Gasteiger partial charge < -0.3 is 19.6 Å². The zero-order chi connectivity index (χ0) is 12.3. The van der Waals surface area contributed by atoms with Crippen LogP contribution in [0.25, 0.3) is 0 Å². The molecule has 2 heterocycles. The number of likely N-dealkylation sites (N-methyl/N-ethyl adjacent to an activating group) is 1. The summed E-state index contributed by atoms with van der Waals surface area (Å²) >= 11 is 0. The monoisotopic (exact) mass is 242 g/mol. The lowest BCUT2D eigenvalue weighted by atomic mass is 9.94. The first kappa shape index (κ1) is 12.6. The highest BCUT2D eigenvalue weighted by Crippen LogP contribution is 2.22. The normalized spacial score (nSPS) is 23.8. The summed E-state index contributed by atoms with van der Waals surface area (Å²) in [5.41, 5.74) is -0.762. The van der Waals surface area contributed by atoms with Crippen molar-refractivity contribution in [2.75, 3.05) is 39.9 Å². The zero-order valence-corrected chi connectivity index (χ0v) is 10.5. The second kappa shape index (κ2) is 5.23. The Bertz CT molecular complexity index is 271. The van der Waals surface area contributed by atoms with E-state index in [0.717, 1.165) is 25.9 Å². The van der Waals surface area contributed by atoms with Crippen LogP contribution < -0.4 is 0 Å². The molecule has 2 saturated heterocycles. The van der Waals surface area contributed by atoms with Gasteiger partial charge in [0.1, 0.15) is 0 Å². The first-order chi connectivity index (χ1) is 8.11. The van der Waals surface area contributed by atoms with E-state index in [1.807, 2.05) is 4.90 Å². The summed E-state index contributed by atoms with van der Waals surface area (Å²) < 4.78 is 5.23. The fourth-order valence-corrected chi connectivity index (χ4v) is 2.57. The van der Waals surface area contributed by atoms with Crippen LogP contribution >= 0.6 is 0 Å². The van der Waals surface area contributed by atoms with Gasteiger partial charge in [0.25, 0.3) is 0 Å². The molecule has 2 aliphatic rings. The van der Waals surface area contributed by atoms with E-state index in [-0.39, 0.29) is 6.03 Å². The highest BCUT2D eigenvalue weighted by Gasteiger charge is 2.33. The molecule has 98 valence electrons. The van der Waals surface area contributed by atoms with Gasteiger partial charge in [0.05, 0.1) is 12.1 Å². The van der Waals surface area contributed by atoms with E-state index >= 15 is 0 Å². The summed E-state index contributed by atoms with van der Waals surface area (Å²) in [4.78, 5) is 15.6. The quantitative estimate of drug-likeness (QED) is 0.774. The number of amides is 2. The number of urea groups is 1. The summed E-state index contributed by atoms with van der Waals surface area (Å²) in [6.45, 7) is 3.28. The van der Waals surface area contributed by atoms with Gasteiger partial charge in [-0.15, -0.1) is 0 Å². The van der Waals surface area contributed by atoms with Crippen LogP contribution in [0.1, 0.15) is 25.7 Å². The number of aliphatic hydroxyl groups is 1. The third-order valence-corrected chi connectivity index (χ3v) is 3.66. The Balaban J connectivity index is 1.86. The maximum absolute atomic E-state index is 12.1. The molecule has 0 saturated carbocycles. The molecule has 0 aromatic heterocycles. The number of rotatable bonds is 2. The van der Waals surface area contributed by atoms with Crippen LogP contribution in [0.4, 0.5) is 4.79 Å². The first-order valence-electron chi connectivity index (χ1n) is 6.41. The Hall–Kier alpha value is -0.810. The van der Waals surface area contributed by atoms with Crippen LogP contribution in [0.15, 0.2) is 0 Å². The highest BCUT2D eigenvalue weighted by molar-refractivity contribution is 5.74. The van der Waals surface area contributed by atoms with Crippen molar-refractivity contribution in [2.24, 2.45) is 0 Å². The number of ether oxygens (including phenoxy) is 1. The van der Waals surface area contributed by atoms with Crippen molar-refractivity contribution < 1.29 is 14.6 Å². The lowest BCUT2D eigenvalue weighted by Gasteiger charge is -2.36. The molecular weight excluding hydrogens is 220 g/mol. The minimum Gasteiger partial charge on any atom is -0.388 e. The van der Waals surface area contributed by atoms with Crippen molar-refractivity contribution in [1.82, 2.24) is 9.80 Å². The van der Waals surface area contributed by atoms with E-state index in [9.17, 15) is 9.90 Å². The summed E-state index contributed by atoms with van der Waals surface area (Å²) in [7, 11) is 1.77. The average Bonchev–Trinajstić information content (AvgIpc) is 2.81. The topological polar surface area (TPSA) is 53.0 Å². The van der Waals surface area contributed by atoms with Gasteiger partial charge in [-0.05, 0) is 12.8 Å². The molecule has 17 heavy (non-hydrogen) atoms. The molecule has 5 heteroatoms.